The van der Waals surface area contributed by atoms with Crippen LogP contribution in [0.1, 0.15) is 43.2 Å². The molecular formula is C15H22O2. The maximum Gasteiger partial charge on any atom is 0.0516 e. The summed E-state index contributed by atoms with van der Waals surface area (Å²) >= 11 is 0. The summed E-state index contributed by atoms with van der Waals surface area (Å²) in [6.07, 6.45) is 1.04. The Hall–Kier alpha value is -0.860. The van der Waals surface area contributed by atoms with Crippen LogP contribution in [0.5, 0.6) is 0 Å². The highest BCUT2D eigenvalue weighted by Gasteiger charge is 2.23. The average molecular weight is 234 g/mol. The predicted octanol–water partition coefficient (Wildman–Crippen LogP) is 2.92. The Kier molecular flexibility index (Phi) is 4.19. The van der Waals surface area contributed by atoms with E-state index in [9.17, 15) is 5.11 Å². The van der Waals surface area contributed by atoms with Gasteiger partial charge >= 0.3 is 0 Å². The van der Waals surface area contributed by atoms with Crippen molar-refractivity contribution >= 4 is 0 Å². The van der Waals surface area contributed by atoms with Gasteiger partial charge in [-0.1, -0.05) is 38.1 Å². The Labute approximate surface area is 104 Å². The zero-order chi connectivity index (χ0) is 12.3. The lowest BCUT2D eigenvalue weighted by molar-refractivity contribution is -0.0405. The van der Waals surface area contributed by atoms with Crippen molar-refractivity contribution in [1.29, 1.82) is 0 Å². The molecule has 0 radical (unpaired) electrons. The van der Waals surface area contributed by atoms with E-state index in [1.807, 2.05) is 0 Å². The molecular weight excluding hydrogens is 212 g/mol. The molecule has 1 aromatic rings. The highest BCUT2D eigenvalue weighted by Crippen LogP contribution is 2.28. The van der Waals surface area contributed by atoms with Crippen molar-refractivity contribution < 1.29 is 9.84 Å². The second-order valence-electron chi connectivity index (χ2n) is 5.34. The third kappa shape index (κ3) is 3.08. The molecule has 1 fully saturated rings. The van der Waals surface area contributed by atoms with E-state index >= 15 is 0 Å². The quantitative estimate of drug-likeness (QED) is 0.848. The first-order chi connectivity index (χ1) is 8.20. The van der Waals surface area contributed by atoms with Gasteiger partial charge in [-0.05, 0) is 23.5 Å². The molecule has 0 aromatic heterocycles. The molecule has 0 saturated carbocycles. The fourth-order valence-electron chi connectivity index (χ4n) is 2.29. The zero-order valence-electron chi connectivity index (χ0n) is 10.7. The maximum absolute atomic E-state index is 9.49. The van der Waals surface area contributed by atoms with Gasteiger partial charge in [-0.25, -0.2) is 0 Å². The SMILES string of the molecule is CC(C)c1ccc(C(CO)CC2COC2)cc1. The summed E-state index contributed by atoms with van der Waals surface area (Å²) in [5.41, 5.74) is 2.61. The highest BCUT2D eigenvalue weighted by atomic mass is 16.5. The summed E-state index contributed by atoms with van der Waals surface area (Å²) in [6.45, 7) is 6.35. The fraction of sp³-hybridized carbons (Fsp3) is 0.600. The average Bonchev–Trinajstić information content (AvgIpc) is 2.28. The minimum absolute atomic E-state index is 0.234. The van der Waals surface area contributed by atoms with Gasteiger partial charge in [-0.3, -0.25) is 0 Å². The maximum atomic E-state index is 9.49. The summed E-state index contributed by atoms with van der Waals surface area (Å²) in [5.74, 6) is 1.47. The van der Waals surface area contributed by atoms with Gasteiger partial charge in [0.1, 0.15) is 0 Å². The van der Waals surface area contributed by atoms with Crippen molar-refractivity contribution in [3.63, 3.8) is 0 Å². The molecule has 17 heavy (non-hydrogen) atoms. The van der Waals surface area contributed by atoms with Crippen LogP contribution in [-0.2, 0) is 4.74 Å². The molecule has 1 heterocycles. The molecule has 1 aliphatic rings. The first-order valence-corrected chi connectivity index (χ1v) is 6.49. The van der Waals surface area contributed by atoms with E-state index in [2.05, 4.69) is 38.1 Å². The molecule has 2 heteroatoms. The third-order valence-electron chi connectivity index (χ3n) is 3.62. The molecule has 1 atom stereocenters. The first-order valence-electron chi connectivity index (χ1n) is 6.49. The minimum atomic E-state index is 0.234. The van der Waals surface area contributed by atoms with Gasteiger partial charge in [-0.2, -0.15) is 0 Å². The van der Waals surface area contributed by atoms with E-state index in [1.165, 1.54) is 11.1 Å². The van der Waals surface area contributed by atoms with Gasteiger partial charge in [0.15, 0.2) is 0 Å². The predicted molar refractivity (Wildman–Crippen MR) is 69.3 cm³/mol. The number of rotatable bonds is 5. The Morgan fingerprint density at radius 3 is 2.18 bits per heavy atom. The van der Waals surface area contributed by atoms with E-state index in [-0.39, 0.29) is 12.5 Å². The number of ether oxygens (including phenoxy) is 1. The number of aliphatic hydroxyl groups is 1. The summed E-state index contributed by atoms with van der Waals surface area (Å²) < 4.78 is 5.19. The summed E-state index contributed by atoms with van der Waals surface area (Å²) in [5, 5.41) is 9.49. The summed E-state index contributed by atoms with van der Waals surface area (Å²) in [6, 6.07) is 8.69. The Morgan fingerprint density at radius 2 is 1.76 bits per heavy atom. The van der Waals surface area contributed by atoms with Crippen LogP contribution >= 0.6 is 0 Å². The van der Waals surface area contributed by atoms with Crippen LogP contribution in [0, 0.1) is 5.92 Å². The Bertz CT molecular complexity index is 338. The zero-order valence-corrected chi connectivity index (χ0v) is 10.7. The van der Waals surface area contributed by atoms with Gasteiger partial charge < -0.3 is 9.84 Å². The normalized spacial score (nSPS) is 18.1. The van der Waals surface area contributed by atoms with Crippen LogP contribution < -0.4 is 0 Å². The van der Waals surface area contributed by atoms with Crippen molar-refractivity contribution in [2.24, 2.45) is 5.92 Å². The molecule has 0 spiro atoms. The van der Waals surface area contributed by atoms with Crippen LogP contribution in [0.2, 0.25) is 0 Å². The van der Waals surface area contributed by atoms with E-state index in [0.717, 1.165) is 19.6 Å². The molecule has 0 bridgehead atoms. The molecule has 1 saturated heterocycles. The molecule has 1 aliphatic heterocycles. The highest BCUT2D eigenvalue weighted by molar-refractivity contribution is 5.27. The molecule has 94 valence electrons. The molecule has 0 aliphatic carbocycles. The lowest BCUT2D eigenvalue weighted by Crippen LogP contribution is -2.29. The van der Waals surface area contributed by atoms with Gasteiger partial charge in [0, 0.05) is 18.4 Å². The lowest BCUT2D eigenvalue weighted by atomic mass is 9.87. The third-order valence-corrected chi connectivity index (χ3v) is 3.62. The first kappa shape index (κ1) is 12.6. The minimum Gasteiger partial charge on any atom is -0.396 e. The topological polar surface area (TPSA) is 29.5 Å². The van der Waals surface area contributed by atoms with Crippen LogP contribution in [0.3, 0.4) is 0 Å². The van der Waals surface area contributed by atoms with E-state index in [1.54, 1.807) is 0 Å². The second kappa shape index (κ2) is 5.65. The number of aliphatic hydroxyl groups excluding tert-OH is 1. The van der Waals surface area contributed by atoms with Gasteiger partial charge in [0.25, 0.3) is 0 Å². The Morgan fingerprint density at radius 1 is 1.18 bits per heavy atom. The Balaban J connectivity index is 2.02. The molecule has 1 N–H and O–H groups in total. The molecule has 2 rings (SSSR count). The van der Waals surface area contributed by atoms with Gasteiger partial charge in [0.05, 0.1) is 13.2 Å². The van der Waals surface area contributed by atoms with Crippen molar-refractivity contribution in [3.8, 4) is 0 Å². The summed E-state index contributed by atoms with van der Waals surface area (Å²) in [4.78, 5) is 0. The largest absolute Gasteiger partial charge is 0.396 e. The van der Waals surface area contributed by atoms with Crippen molar-refractivity contribution in [2.75, 3.05) is 19.8 Å². The lowest BCUT2D eigenvalue weighted by Gasteiger charge is -2.29. The summed E-state index contributed by atoms with van der Waals surface area (Å²) in [7, 11) is 0. The van der Waals surface area contributed by atoms with Crippen LogP contribution in [0.25, 0.3) is 0 Å². The van der Waals surface area contributed by atoms with Crippen molar-refractivity contribution in [3.05, 3.63) is 35.4 Å². The number of hydrogen-bond donors (Lipinski definition) is 1. The van der Waals surface area contributed by atoms with Crippen LogP contribution in [0.15, 0.2) is 24.3 Å². The van der Waals surface area contributed by atoms with Crippen LogP contribution in [0.4, 0.5) is 0 Å². The van der Waals surface area contributed by atoms with Gasteiger partial charge in [-0.15, -0.1) is 0 Å². The van der Waals surface area contributed by atoms with E-state index in [0.29, 0.717) is 11.8 Å². The standard InChI is InChI=1S/C15H22O2/c1-11(2)13-3-5-14(6-4-13)15(8-16)7-12-9-17-10-12/h3-6,11-12,15-16H,7-10H2,1-2H3. The number of benzene rings is 1. The smallest absolute Gasteiger partial charge is 0.0516 e. The van der Waals surface area contributed by atoms with Crippen LogP contribution in [-0.4, -0.2) is 24.9 Å². The van der Waals surface area contributed by atoms with Crippen molar-refractivity contribution in [2.45, 2.75) is 32.1 Å². The molecule has 1 aromatic carbocycles. The molecule has 0 amide bonds. The second-order valence-corrected chi connectivity index (χ2v) is 5.34. The number of hydrogen-bond acceptors (Lipinski definition) is 2. The monoisotopic (exact) mass is 234 g/mol. The van der Waals surface area contributed by atoms with Gasteiger partial charge in [0.2, 0.25) is 0 Å². The van der Waals surface area contributed by atoms with Crippen molar-refractivity contribution in [1.82, 2.24) is 0 Å². The molecule has 2 nitrogen and oxygen atoms in total. The van der Waals surface area contributed by atoms with E-state index in [4.69, 9.17) is 4.74 Å². The molecule has 1 unspecified atom stereocenters. The van der Waals surface area contributed by atoms with E-state index < -0.39 is 0 Å². The fourth-order valence-corrected chi connectivity index (χ4v) is 2.29.